The molecule has 5 rings (SSSR count). The summed E-state index contributed by atoms with van der Waals surface area (Å²) < 4.78 is 10.3. The van der Waals surface area contributed by atoms with E-state index in [9.17, 15) is 14.4 Å². The van der Waals surface area contributed by atoms with Crippen LogP contribution in [0.3, 0.4) is 0 Å². The van der Waals surface area contributed by atoms with E-state index >= 15 is 0 Å². The Morgan fingerprint density at radius 1 is 1.03 bits per heavy atom. The highest BCUT2D eigenvalue weighted by Gasteiger charge is 2.51. The fourth-order valence-corrected chi connectivity index (χ4v) is 5.89. The normalized spacial score (nSPS) is 28.4. The lowest BCUT2D eigenvalue weighted by molar-refractivity contribution is -0.143. The second kappa shape index (κ2) is 9.12. The highest BCUT2D eigenvalue weighted by atomic mass is 16.5. The average molecular weight is 427 g/mol. The fraction of sp³-hybridized carbons (Fsp3) is 0.542. The second-order valence-corrected chi connectivity index (χ2v) is 9.14. The molecule has 1 aromatic carbocycles. The van der Waals surface area contributed by atoms with Gasteiger partial charge in [-0.25, -0.2) is 9.59 Å². The molecular weight excluding hydrogens is 396 g/mol. The lowest BCUT2D eigenvalue weighted by atomic mass is 9.53. The standard InChI is InChI=1S/C24H30N2O5/c1-2-30-20-6-3-16(4-7-20)5-8-22(28)31-15-21(27)25-23(29)26-24-12-17-9-18(13-24)11-19(10-17)14-24/h3-8,17-19H,2,9-15H2,1H3,(H2,25,26,27,29)/b8-5+. The zero-order chi connectivity index (χ0) is 21.8. The number of benzene rings is 1. The number of carbonyl (C=O) groups is 3. The summed E-state index contributed by atoms with van der Waals surface area (Å²) in [5.41, 5.74) is 0.635. The van der Waals surface area contributed by atoms with Gasteiger partial charge in [-0.3, -0.25) is 10.1 Å². The smallest absolute Gasteiger partial charge is 0.331 e. The van der Waals surface area contributed by atoms with Gasteiger partial charge in [-0.15, -0.1) is 0 Å². The van der Waals surface area contributed by atoms with Crippen LogP contribution in [-0.2, 0) is 14.3 Å². The van der Waals surface area contributed by atoms with Crippen LogP contribution in [0.2, 0.25) is 0 Å². The van der Waals surface area contributed by atoms with E-state index in [1.54, 1.807) is 6.08 Å². The molecule has 7 heteroatoms. The van der Waals surface area contributed by atoms with E-state index in [0.29, 0.717) is 24.4 Å². The Bertz CT molecular complexity index is 826. The van der Waals surface area contributed by atoms with E-state index in [1.165, 1.54) is 25.3 Å². The van der Waals surface area contributed by atoms with Gasteiger partial charge in [-0.05, 0) is 87.0 Å². The van der Waals surface area contributed by atoms with Crippen molar-refractivity contribution in [3.05, 3.63) is 35.9 Å². The molecule has 0 unspecified atom stereocenters. The van der Waals surface area contributed by atoms with Crippen LogP contribution < -0.4 is 15.4 Å². The van der Waals surface area contributed by atoms with E-state index in [2.05, 4.69) is 10.6 Å². The SMILES string of the molecule is CCOc1ccc(/C=C/C(=O)OCC(=O)NC(=O)NC23CC4CC(CC(C4)C2)C3)cc1. The Morgan fingerprint density at radius 2 is 1.65 bits per heavy atom. The van der Waals surface area contributed by atoms with Gasteiger partial charge in [0.15, 0.2) is 6.61 Å². The molecule has 0 saturated heterocycles. The van der Waals surface area contributed by atoms with E-state index in [4.69, 9.17) is 9.47 Å². The Balaban J connectivity index is 1.19. The van der Waals surface area contributed by atoms with E-state index in [1.807, 2.05) is 31.2 Å². The molecule has 0 atom stereocenters. The molecule has 31 heavy (non-hydrogen) atoms. The predicted octanol–water partition coefficient (Wildman–Crippen LogP) is 3.44. The number of urea groups is 1. The maximum atomic E-state index is 12.4. The molecule has 166 valence electrons. The van der Waals surface area contributed by atoms with E-state index in [-0.39, 0.29) is 5.54 Å². The van der Waals surface area contributed by atoms with Crippen LogP contribution in [0.5, 0.6) is 5.75 Å². The molecule has 4 saturated carbocycles. The van der Waals surface area contributed by atoms with Crippen molar-refractivity contribution in [1.82, 2.24) is 10.6 Å². The molecule has 2 N–H and O–H groups in total. The first-order valence-corrected chi connectivity index (χ1v) is 11.1. The molecule has 4 bridgehead atoms. The van der Waals surface area contributed by atoms with Crippen molar-refractivity contribution in [2.75, 3.05) is 13.2 Å². The summed E-state index contributed by atoms with van der Waals surface area (Å²) in [5, 5.41) is 5.37. The van der Waals surface area contributed by atoms with Crippen molar-refractivity contribution in [3.63, 3.8) is 0 Å². The zero-order valence-corrected chi connectivity index (χ0v) is 17.9. The third-order valence-electron chi connectivity index (χ3n) is 6.62. The van der Waals surface area contributed by atoms with Gasteiger partial charge in [0.2, 0.25) is 0 Å². The van der Waals surface area contributed by atoms with Gasteiger partial charge < -0.3 is 14.8 Å². The van der Waals surface area contributed by atoms with Crippen molar-refractivity contribution >= 4 is 24.0 Å². The second-order valence-electron chi connectivity index (χ2n) is 9.14. The van der Waals surface area contributed by atoms with Gasteiger partial charge >= 0.3 is 12.0 Å². The minimum absolute atomic E-state index is 0.170. The van der Waals surface area contributed by atoms with Crippen LogP contribution in [0.15, 0.2) is 30.3 Å². The first-order chi connectivity index (χ1) is 14.9. The number of imide groups is 1. The van der Waals surface area contributed by atoms with Gasteiger partial charge in [-0.2, -0.15) is 0 Å². The van der Waals surface area contributed by atoms with E-state index in [0.717, 1.165) is 30.6 Å². The van der Waals surface area contributed by atoms with Crippen molar-refractivity contribution in [3.8, 4) is 5.75 Å². The summed E-state index contributed by atoms with van der Waals surface area (Å²) in [4.78, 5) is 36.3. The number of ether oxygens (including phenoxy) is 2. The van der Waals surface area contributed by atoms with Gasteiger partial charge in [-0.1, -0.05) is 12.1 Å². The van der Waals surface area contributed by atoms with Crippen molar-refractivity contribution in [2.24, 2.45) is 17.8 Å². The Labute approximate surface area is 182 Å². The van der Waals surface area contributed by atoms with Crippen LogP contribution in [-0.4, -0.2) is 36.7 Å². The van der Waals surface area contributed by atoms with Crippen LogP contribution in [0, 0.1) is 17.8 Å². The molecule has 4 aliphatic rings. The number of esters is 1. The van der Waals surface area contributed by atoms with Gasteiger partial charge in [0.05, 0.1) is 6.61 Å². The molecule has 0 spiro atoms. The molecular formula is C24H30N2O5. The quantitative estimate of drug-likeness (QED) is 0.515. The first-order valence-electron chi connectivity index (χ1n) is 11.1. The fourth-order valence-electron chi connectivity index (χ4n) is 5.89. The molecule has 1 aromatic rings. The summed E-state index contributed by atoms with van der Waals surface area (Å²) in [5.74, 6) is 1.57. The van der Waals surface area contributed by atoms with Crippen molar-refractivity contribution in [1.29, 1.82) is 0 Å². The predicted molar refractivity (Wildman–Crippen MR) is 115 cm³/mol. The molecule has 0 radical (unpaired) electrons. The van der Waals surface area contributed by atoms with Crippen LogP contribution in [0.1, 0.15) is 51.0 Å². The molecule has 7 nitrogen and oxygen atoms in total. The largest absolute Gasteiger partial charge is 0.494 e. The maximum absolute atomic E-state index is 12.4. The number of amides is 3. The minimum atomic E-state index is -0.648. The summed E-state index contributed by atoms with van der Waals surface area (Å²) in [6, 6.07) is 6.76. The van der Waals surface area contributed by atoms with Gasteiger partial charge in [0.1, 0.15) is 5.75 Å². The zero-order valence-electron chi connectivity index (χ0n) is 17.9. The summed E-state index contributed by atoms with van der Waals surface area (Å²) in [6.07, 6.45) is 9.70. The number of hydrogen-bond acceptors (Lipinski definition) is 5. The van der Waals surface area contributed by atoms with E-state index < -0.39 is 24.5 Å². The molecule has 0 aromatic heterocycles. The van der Waals surface area contributed by atoms with Crippen LogP contribution >= 0.6 is 0 Å². The highest BCUT2D eigenvalue weighted by molar-refractivity contribution is 5.96. The average Bonchev–Trinajstić information content (AvgIpc) is 2.70. The van der Waals surface area contributed by atoms with Gasteiger partial charge in [0, 0.05) is 11.6 Å². The number of rotatable bonds is 7. The monoisotopic (exact) mass is 426 g/mol. The molecule has 4 aliphatic carbocycles. The number of carbonyl (C=O) groups excluding carboxylic acids is 3. The Kier molecular flexibility index (Phi) is 6.30. The Hall–Kier alpha value is -2.83. The minimum Gasteiger partial charge on any atom is -0.494 e. The van der Waals surface area contributed by atoms with Crippen molar-refractivity contribution < 1.29 is 23.9 Å². The highest BCUT2D eigenvalue weighted by Crippen LogP contribution is 2.55. The third-order valence-corrected chi connectivity index (χ3v) is 6.62. The summed E-state index contributed by atoms with van der Waals surface area (Å²) in [7, 11) is 0. The Morgan fingerprint density at radius 3 is 2.23 bits per heavy atom. The summed E-state index contributed by atoms with van der Waals surface area (Å²) >= 11 is 0. The molecule has 4 fully saturated rings. The lowest BCUT2D eigenvalue weighted by Gasteiger charge is -2.56. The number of nitrogens with one attached hydrogen (secondary N) is 2. The topological polar surface area (TPSA) is 93.7 Å². The first kappa shape index (κ1) is 21.4. The summed E-state index contributed by atoms with van der Waals surface area (Å²) in [6.45, 7) is 2.00. The van der Waals surface area contributed by atoms with Gasteiger partial charge in [0.25, 0.3) is 5.91 Å². The van der Waals surface area contributed by atoms with Crippen LogP contribution in [0.25, 0.3) is 6.08 Å². The maximum Gasteiger partial charge on any atom is 0.331 e. The third kappa shape index (κ3) is 5.46. The molecule has 3 amide bonds. The molecule has 0 aliphatic heterocycles. The number of hydrogen-bond donors (Lipinski definition) is 2. The molecule has 0 heterocycles. The van der Waals surface area contributed by atoms with Crippen LogP contribution in [0.4, 0.5) is 4.79 Å². The lowest BCUT2D eigenvalue weighted by Crippen LogP contribution is -2.62. The van der Waals surface area contributed by atoms with Crippen molar-refractivity contribution in [2.45, 2.75) is 51.0 Å².